The molecule has 174 valence electrons. The maximum Gasteiger partial charge on any atom is 0.264 e. The van der Waals surface area contributed by atoms with Gasteiger partial charge in [0.05, 0.1) is 12.4 Å². The third-order valence-electron chi connectivity index (χ3n) is 6.03. The summed E-state index contributed by atoms with van der Waals surface area (Å²) in [6.45, 7) is 0.644. The summed E-state index contributed by atoms with van der Waals surface area (Å²) < 4.78 is 29.9. The average molecular weight is 463 g/mol. The van der Waals surface area contributed by atoms with E-state index in [1.165, 1.54) is 6.21 Å². The van der Waals surface area contributed by atoms with E-state index >= 15 is 0 Å². The van der Waals surface area contributed by atoms with Crippen LogP contribution in [-0.2, 0) is 13.5 Å². The molecule has 4 heterocycles. The van der Waals surface area contributed by atoms with E-state index in [0.717, 1.165) is 29.7 Å². The van der Waals surface area contributed by atoms with Crippen LogP contribution in [0.1, 0.15) is 29.5 Å². The summed E-state index contributed by atoms with van der Waals surface area (Å²) in [5.41, 5.74) is 5.47. The second-order valence-electron chi connectivity index (χ2n) is 8.19. The van der Waals surface area contributed by atoms with Gasteiger partial charge in [-0.05, 0) is 36.1 Å². The highest BCUT2D eigenvalue weighted by molar-refractivity contribution is 6.12. The van der Waals surface area contributed by atoms with Gasteiger partial charge in [0.15, 0.2) is 11.5 Å². The first-order valence-corrected chi connectivity index (χ1v) is 10.9. The van der Waals surface area contributed by atoms with Crippen LogP contribution < -0.4 is 10.2 Å². The molecule has 0 amide bonds. The Balaban J connectivity index is 1.63. The molecule has 0 aliphatic carbocycles. The molecule has 34 heavy (non-hydrogen) atoms. The van der Waals surface area contributed by atoms with Crippen molar-refractivity contribution < 1.29 is 8.78 Å². The van der Waals surface area contributed by atoms with Crippen molar-refractivity contribution in [2.45, 2.75) is 19.3 Å². The fourth-order valence-corrected chi connectivity index (χ4v) is 4.46. The Morgan fingerprint density at radius 3 is 2.85 bits per heavy atom. The molecule has 0 saturated heterocycles. The van der Waals surface area contributed by atoms with Crippen molar-refractivity contribution in [2.75, 3.05) is 18.5 Å². The number of halogens is 2. The minimum atomic E-state index is -2.63. The molecule has 5 rings (SSSR count). The molecular formula is C24H24F2N8. The zero-order chi connectivity index (χ0) is 23.8. The van der Waals surface area contributed by atoms with E-state index in [1.807, 2.05) is 11.0 Å². The van der Waals surface area contributed by atoms with Gasteiger partial charge < -0.3 is 20.6 Å². The van der Waals surface area contributed by atoms with Crippen LogP contribution in [0.2, 0.25) is 0 Å². The molecule has 1 aliphatic rings. The summed E-state index contributed by atoms with van der Waals surface area (Å²) >= 11 is 0. The molecule has 3 aromatic heterocycles. The lowest BCUT2D eigenvalue weighted by atomic mass is 9.93. The second kappa shape index (κ2) is 8.69. The van der Waals surface area contributed by atoms with Gasteiger partial charge >= 0.3 is 0 Å². The number of nitrogens with zero attached hydrogens (tertiary/aromatic N) is 5. The van der Waals surface area contributed by atoms with Crippen molar-refractivity contribution in [3.63, 3.8) is 0 Å². The van der Waals surface area contributed by atoms with Crippen molar-refractivity contribution in [3.8, 4) is 11.1 Å². The third-order valence-corrected chi connectivity index (χ3v) is 6.03. The van der Waals surface area contributed by atoms with Crippen LogP contribution in [0.15, 0.2) is 43.1 Å². The Morgan fingerprint density at radius 2 is 2.15 bits per heavy atom. The Labute approximate surface area is 194 Å². The molecule has 8 nitrogen and oxygen atoms in total. The Bertz CT molecular complexity index is 1400. The zero-order valence-electron chi connectivity index (χ0n) is 18.8. The summed E-state index contributed by atoms with van der Waals surface area (Å²) in [5.74, 6) is 0.581. The van der Waals surface area contributed by atoms with E-state index in [1.54, 1.807) is 55.8 Å². The van der Waals surface area contributed by atoms with Crippen LogP contribution in [-0.4, -0.2) is 44.5 Å². The lowest BCUT2D eigenvalue weighted by Gasteiger charge is -2.31. The number of alkyl halides is 2. The standard InChI is InChI=1S/C24H24F2N8/c1-28-9-15(8-27)19-11-29-24-22(19)32-21(12-30-24)34-5-3-4-14-6-17(16-10-31-33(2)13-16)18(23(25)26)7-20(14)34/h6-13,23,27-28H,3-5H2,1-2H3,(H,29,30)/b15-9+,27-8?. The number of aromatic nitrogens is 5. The van der Waals surface area contributed by atoms with Crippen molar-refractivity contribution in [3.05, 3.63) is 59.8 Å². The van der Waals surface area contributed by atoms with Crippen LogP contribution in [0.5, 0.6) is 0 Å². The molecule has 10 heteroatoms. The van der Waals surface area contributed by atoms with Crippen LogP contribution in [0.4, 0.5) is 20.3 Å². The summed E-state index contributed by atoms with van der Waals surface area (Å²) in [7, 11) is 3.53. The molecule has 0 spiro atoms. The highest BCUT2D eigenvalue weighted by atomic mass is 19.3. The summed E-state index contributed by atoms with van der Waals surface area (Å²) in [6, 6.07) is 3.44. The molecule has 1 aromatic carbocycles. The lowest BCUT2D eigenvalue weighted by molar-refractivity contribution is 0.152. The van der Waals surface area contributed by atoms with Gasteiger partial charge in [0.25, 0.3) is 6.43 Å². The largest absolute Gasteiger partial charge is 0.393 e. The first kappa shape index (κ1) is 21.7. The van der Waals surface area contributed by atoms with Gasteiger partial charge in [-0.3, -0.25) is 4.68 Å². The number of hydrogen-bond acceptors (Lipinski definition) is 6. The fourth-order valence-electron chi connectivity index (χ4n) is 4.46. The van der Waals surface area contributed by atoms with Gasteiger partial charge in [-0.25, -0.2) is 18.7 Å². The SMILES string of the molecule is CN/C=C(\C=N)c1c[nH]c2ncc(N3CCCc4cc(-c5cnn(C)c5)c(C(F)F)cc43)nc12. The van der Waals surface area contributed by atoms with Gasteiger partial charge in [-0.2, -0.15) is 5.10 Å². The minimum Gasteiger partial charge on any atom is -0.393 e. The molecule has 1 aliphatic heterocycles. The highest BCUT2D eigenvalue weighted by Gasteiger charge is 2.26. The van der Waals surface area contributed by atoms with Gasteiger partial charge in [0, 0.05) is 73.4 Å². The quantitative estimate of drug-likeness (QED) is 0.364. The van der Waals surface area contributed by atoms with Gasteiger partial charge in [0.1, 0.15) is 5.52 Å². The van der Waals surface area contributed by atoms with E-state index in [-0.39, 0.29) is 5.56 Å². The molecular weight excluding hydrogens is 438 g/mol. The number of anilines is 2. The highest BCUT2D eigenvalue weighted by Crippen LogP contribution is 2.41. The normalized spacial score (nSPS) is 14.0. The molecule has 0 radical (unpaired) electrons. The van der Waals surface area contributed by atoms with Crippen molar-refractivity contribution >= 4 is 34.5 Å². The number of fused-ring (bicyclic) bond motifs is 2. The molecule has 0 atom stereocenters. The van der Waals surface area contributed by atoms with Crippen molar-refractivity contribution in [1.82, 2.24) is 30.0 Å². The Hall–Kier alpha value is -4.08. The number of benzene rings is 1. The van der Waals surface area contributed by atoms with Crippen molar-refractivity contribution in [2.24, 2.45) is 7.05 Å². The van der Waals surface area contributed by atoms with E-state index < -0.39 is 6.43 Å². The predicted octanol–water partition coefficient (Wildman–Crippen LogP) is 4.59. The number of hydrogen-bond donors (Lipinski definition) is 3. The summed E-state index contributed by atoms with van der Waals surface area (Å²) in [5, 5.41) is 14.8. The topological polar surface area (TPSA) is 98.5 Å². The number of H-pyrrole nitrogens is 1. The molecule has 0 saturated carbocycles. The molecule has 0 bridgehead atoms. The van der Waals surface area contributed by atoms with Gasteiger partial charge in [-0.1, -0.05) is 0 Å². The first-order chi connectivity index (χ1) is 16.5. The fraction of sp³-hybridized carbons (Fsp3) is 0.250. The van der Waals surface area contributed by atoms with Crippen LogP contribution in [0, 0.1) is 5.41 Å². The third kappa shape index (κ3) is 3.70. The van der Waals surface area contributed by atoms with E-state index in [9.17, 15) is 8.78 Å². The maximum atomic E-state index is 14.1. The molecule has 3 N–H and O–H groups in total. The number of aryl methyl sites for hydroxylation is 2. The maximum absolute atomic E-state index is 14.1. The van der Waals surface area contributed by atoms with Gasteiger partial charge in [-0.15, -0.1) is 0 Å². The number of aromatic amines is 1. The second-order valence-corrected chi connectivity index (χ2v) is 8.19. The summed E-state index contributed by atoms with van der Waals surface area (Å²) in [4.78, 5) is 14.4. The lowest BCUT2D eigenvalue weighted by Crippen LogP contribution is -2.26. The van der Waals surface area contributed by atoms with Crippen LogP contribution in [0.3, 0.4) is 0 Å². The van der Waals surface area contributed by atoms with Crippen LogP contribution >= 0.6 is 0 Å². The zero-order valence-corrected chi connectivity index (χ0v) is 18.8. The molecule has 4 aromatic rings. The average Bonchev–Trinajstić information content (AvgIpc) is 3.47. The minimum absolute atomic E-state index is 0.0296. The van der Waals surface area contributed by atoms with Crippen LogP contribution in [0.25, 0.3) is 27.9 Å². The Morgan fingerprint density at radius 1 is 1.29 bits per heavy atom. The van der Waals surface area contributed by atoms with Gasteiger partial charge in [0.2, 0.25) is 0 Å². The predicted molar refractivity (Wildman–Crippen MR) is 129 cm³/mol. The van der Waals surface area contributed by atoms with E-state index in [2.05, 4.69) is 20.4 Å². The summed E-state index contributed by atoms with van der Waals surface area (Å²) in [6.07, 6.45) is 8.77. The number of rotatable bonds is 6. The number of nitrogens with one attached hydrogen (secondary N) is 3. The monoisotopic (exact) mass is 462 g/mol. The molecule has 0 unspecified atom stereocenters. The van der Waals surface area contributed by atoms with E-state index in [4.69, 9.17) is 10.4 Å². The number of allylic oxidation sites excluding steroid dienone is 1. The smallest absolute Gasteiger partial charge is 0.264 e. The Kier molecular flexibility index (Phi) is 5.56. The van der Waals surface area contributed by atoms with Crippen molar-refractivity contribution in [1.29, 1.82) is 5.41 Å². The molecule has 0 fully saturated rings. The first-order valence-electron chi connectivity index (χ1n) is 10.9. The van der Waals surface area contributed by atoms with E-state index in [0.29, 0.717) is 40.2 Å².